The van der Waals surface area contributed by atoms with E-state index in [-0.39, 0.29) is 5.91 Å². The van der Waals surface area contributed by atoms with Gasteiger partial charge in [0.15, 0.2) is 0 Å². The quantitative estimate of drug-likeness (QED) is 0.939. The van der Waals surface area contributed by atoms with Crippen LogP contribution in [0.1, 0.15) is 48.6 Å². The summed E-state index contributed by atoms with van der Waals surface area (Å²) in [4.78, 5) is 13.6. The summed E-state index contributed by atoms with van der Waals surface area (Å²) < 4.78 is 5.75. The summed E-state index contributed by atoms with van der Waals surface area (Å²) in [6, 6.07) is 6.08. The number of hydrogen-bond donors (Lipinski definition) is 1. The molecule has 1 N–H and O–H groups in total. The van der Waals surface area contributed by atoms with Gasteiger partial charge in [0.25, 0.3) is 0 Å². The Labute approximate surface area is 134 Å². The Kier molecular flexibility index (Phi) is 3.61. The lowest BCUT2D eigenvalue weighted by Crippen LogP contribution is -2.30. The lowest BCUT2D eigenvalue weighted by molar-refractivity contribution is -0.114. The number of fused-ring (bicyclic) bond motifs is 1. The Morgan fingerprint density at radius 1 is 1.39 bits per heavy atom. The van der Waals surface area contributed by atoms with Crippen LogP contribution in [0.2, 0.25) is 0 Å². The van der Waals surface area contributed by atoms with E-state index in [1.54, 1.807) is 6.92 Å². The van der Waals surface area contributed by atoms with Crippen LogP contribution in [0.25, 0.3) is 0 Å². The molecule has 1 amide bonds. The van der Waals surface area contributed by atoms with Crippen LogP contribution in [0.5, 0.6) is 0 Å². The van der Waals surface area contributed by atoms with Crippen molar-refractivity contribution in [2.75, 3.05) is 11.9 Å². The van der Waals surface area contributed by atoms with E-state index in [2.05, 4.69) is 26.5 Å². The Bertz CT molecular complexity index is 736. The van der Waals surface area contributed by atoms with Gasteiger partial charge in [0.2, 0.25) is 17.7 Å². The van der Waals surface area contributed by atoms with Crippen LogP contribution in [-0.4, -0.2) is 27.5 Å². The molecule has 6 nitrogen and oxygen atoms in total. The van der Waals surface area contributed by atoms with Crippen molar-refractivity contribution in [3.8, 4) is 0 Å². The summed E-state index contributed by atoms with van der Waals surface area (Å²) >= 11 is 0. The van der Waals surface area contributed by atoms with Gasteiger partial charge in [-0.3, -0.25) is 9.69 Å². The molecular formula is C17H20N4O2. The zero-order chi connectivity index (χ0) is 15.8. The summed E-state index contributed by atoms with van der Waals surface area (Å²) in [5, 5.41) is 11.2. The van der Waals surface area contributed by atoms with E-state index >= 15 is 0 Å². The normalized spacial score (nSPS) is 17.8. The van der Waals surface area contributed by atoms with E-state index in [0.717, 1.165) is 31.1 Å². The number of nitrogens with one attached hydrogen (secondary N) is 1. The molecule has 1 fully saturated rings. The molecule has 1 saturated carbocycles. The van der Waals surface area contributed by atoms with Crippen molar-refractivity contribution in [1.29, 1.82) is 0 Å². The number of carbonyl (C=O) groups excluding carboxylic acids is 1. The molecule has 0 radical (unpaired) electrons. The molecule has 0 atom stereocenters. The number of carbonyl (C=O) groups is 1. The topological polar surface area (TPSA) is 71.3 Å². The molecule has 1 aromatic carbocycles. The predicted molar refractivity (Wildman–Crippen MR) is 84.8 cm³/mol. The van der Waals surface area contributed by atoms with Crippen LogP contribution in [0.4, 0.5) is 5.69 Å². The first-order chi connectivity index (χ1) is 11.2. The van der Waals surface area contributed by atoms with Gasteiger partial charge in [-0.15, -0.1) is 10.2 Å². The van der Waals surface area contributed by atoms with Gasteiger partial charge < -0.3 is 9.73 Å². The lowest BCUT2D eigenvalue weighted by atomic mass is 9.97. The van der Waals surface area contributed by atoms with E-state index in [4.69, 9.17) is 4.42 Å². The average molecular weight is 312 g/mol. The first kappa shape index (κ1) is 14.4. The highest BCUT2D eigenvalue weighted by molar-refractivity contribution is 5.89. The number of hydrogen-bond acceptors (Lipinski definition) is 5. The maximum Gasteiger partial charge on any atom is 0.230 e. The Morgan fingerprint density at radius 3 is 3.04 bits per heavy atom. The number of rotatable bonds is 4. The first-order valence-corrected chi connectivity index (χ1v) is 8.12. The van der Waals surface area contributed by atoms with Crippen LogP contribution in [0.3, 0.4) is 0 Å². The maximum absolute atomic E-state index is 11.3. The van der Waals surface area contributed by atoms with E-state index in [1.807, 2.05) is 12.1 Å². The molecule has 1 aliphatic heterocycles. The number of nitrogens with zero attached hydrogens (tertiary/aromatic N) is 3. The fourth-order valence-corrected chi connectivity index (χ4v) is 3.13. The van der Waals surface area contributed by atoms with Gasteiger partial charge >= 0.3 is 0 Å². The maximum atomic E-state index is 11.3. The monoisotopic (exact) mass is 312 g/mol. The summed E-state index contributed by atoms with van der Waals surface area (Å²) in [5.41, 5.74) is 3.43. The highest BCUT2D eigenvalue weighted by Crippen LogP contribution is 2.39. The second kappa shape index (κ2) is 5.77. The number of aromatic nitrogens is 2. The fourth-order valence-electron chi connectivity index (χ4n) is 3.13. The van der Waals surface area contributed by atoms with Crippen molar-refractivity contribution < 1.29 is 9.21 Å². The minimum Gasteiger partial charge on any atom is -0.424 e. The van der Waals surface area contributed by atoms with Gasteiger partial charge in [0.05, 0.1) is 6.54 Å². The molecule has 0 saturated heterocycles. The zero-order valence-electron chi connectivity index (χ0n) is 13.2. The molecule has 2 aliphatic rings. The summed E-state index contributed by atoms with van der Waals surface area (Å²) in [6.45, 7) is 3.99. The van der Waals surface area contributed by atoms with Gasteiger partial charge in [0.1, 0.15) is 0 Å². The second-order valence-corrected chi connectivity index (χ2v) is 6.39. The van der Waals surface area contributed by atoms with Crippen LogP contribution < -0.4 is 5.32 Å². The largest absolute Gasteiger partial charge is 0.424 e. The van der Waals surface area contributed by atoms with E-state index in [9.17, 15) is 4.79 Å². The molecule has 0 spiro atoms. The molecular weight excluding hydrogens is 292 g/mol. The Hall–Kier alpha value is -2.21. The zero-order valence-corrected chi connectivity index (χ0v) is 13.2. The number of anilines is 1. The van der Waals surface area contributed by atoms with E-state index in [1.165, 1.54) is 24.0 Å². The lowest BCUT2D eigenvalue weighted by Gasteiger charge is -2.28. The van der Waals surface area contributed by atoms with Crippen LogP contribution in [0, 0.1) is 0 Å². The van der Waals surface area contributed by atoms with Crippen molar-refractivity contribution in [2.45, 2.75) is 45.2 Å². The van der Waals surface area contributed by atoms with Crippen LogP contribution in [0.15, 0.2) is 22.6 Å². The standard InChI is InChI=1S/C17H20N4O2/c1-11(22)18-15-4-2-3-13-9-21(8-7-14(13)15)10-16-19-20-17(23-16)12-5-6-12/h2-4,12H,5-10H2,1H3,(H,18,22). The second-order valence-electron chi connectivity index (χ2n) is 6.39. The SMILES string of the molecule is CC(=O)Nc1cccc2c1CCN(Cc1nnc(C3CC3)o1)C2. The highest BCUT2D eigenvalue weighted by atomic mass is 16.4. The molecule has 120 valence electrons. The molecule has 1 aromatic heterocycles. The minimum absolute atomic E-state index is 0.0284. The Balaban J connectivity index is 1.46. The molecule has 23 heavy (non-hydrogen) atoms. The van der Waals surface area contributed by atoms with Gasteiger partial charge in [-0.2, -0.15) is 0 Å². The van der Waals surface area contributed by atoms with Crippen molar-refractivity contribution in [1.82, 2.24) is 15.1 Å². The molecule has 0 bridgehead atoms. The first-order valence-electron chi connectivity index (χ1n) is 8.12. The molecule has 6 heteroatoms. The van der Waals surface area contributed by atoms with Gasteiger partial charge in [-0.05, 0) is 36.5 Å². The van der Waals surface area contributed by atoms with Gasteiger partial charge in [0, 0.05) is 31.6 Å². The minimum atomic E-state index is -0.0284. The van der Waals surface area contributed by atoms with E-state index in [0.29, 0.717) is 18.4 Å². The Morgan fingerprint density at radius 2 is 2.26 bits per heavy atom. The molecule has 2 aromatic rings. The van der Waals surface area contributed by atoms with Gasteiger partial charge in [-0.1, -0.05) is 12.1 Å². The summed E-state index contributed by atoms with van der Waals surface area (Å²) in [5.74, 6) is 1.97. The third kappa shape index (κ3) is 3.12. The number of amides is 1. The highest BCUT2D eigenvalue weighted by Gasteiger charge is 2.29. The molecule has 2 heterocycles. The van der Waals surface area contributed by atoms with Crippen LogP contribution in [-0.2, 0) is 24.3 Å². The number of benzene rings is 1. The van der Waals surface area contributed by atoms with Crippen molar-refractivity contribution in [3.63, 3.8) is 0 Å². The summed E-state index contributed by atoms with van der Waals surface area (Å²) in [7, 11) is 0. The average Bonchev–Trinajstić information content (AvgIpc) is 3.27. The van der Waals surface area contributed by atoms with Crippen LogP contribution >= 0.6 is 0 Å². The van der Waals surface area contributed by atoms with Crippen molar-refractivity contribution in [2.24, 2.45) is 0 Å². The molecule has 0 unspecified atom stereocenters. The predicted octanol–water partition coefficient (Wildman–Crippen LogP) is 2.46. The fraction of sp³-hybridized carbons (Fsp3) is 0.471. The molecule has 1 aliphatic carbocycles. The third-order valence-electron chi connectivity index (χ3n) is 4.42. The smallest absolute Gasteiger partial charge is 0.230 e. The van der Waals surface area contributed by atoms with Gasteiger partial charge in [-0.25, -0.2) is 0 Å². The molecule has 4 rings (SSSR count). The van der Waals surface area contributed by atoms with Crippen molar-refractivity contribution >= 4 is 11.6 Å². The van der Waals surface area contributed by atoms with E-state index < -0.39 is 0 Å². The third-order valence-corrected chi connectivity index (χ3v) is 4.42. The van der Waals surface area contributed by atoms with Crippen molar-refractivity contribution in [3.05, 3.63) is 41.1 Å². The summed E-state index contributed by atoms with van der Waals surface area (Å²) in [6.07, 6.45) is 3.25.